The van der Waals surface area contributed by atoms with E-state index in [0.29, 0.717) is 11.6 Å². The summed E-state index contributed by atoms with van der Waals surface area (Å²) < 4.78 is 11.6. The summed E-state index contributed by atoms with van der Waals surface area (Å²) in [5.41, 5.74) is 3.60. The van der Waals surface area contributed by atoms with E-state index >= 15 is 0 Å². The minimum absolute atomic E-state index is 0.126. The number of rotatable bonds is 6. The standard InChI is InChI=1S/C15H23ClN2O2/c1-3-20-15(8-4-5-9-15)14(18-17)12-10-11(16)6-7-13(12)19-2/h6-7,10,14,18H,3-5,8-9,17H2,1-2H3. The normalized spacial score (nSPS) is 19.0. The van der Waals surface area contributed by atoms with Crippen LogP contribution in [0.15, 0.2) is 18.2 Å². The molecule has 112 valence electrons. The van der Waals surface area contributed by atoms with Gasteiger partial charge in [-0.25, -0.2) is 5.43 Å². The number of hydrazine groups is 1. The molecule has 0 amide bonds. The van der Waals surface area contributed by atoms with Crippen LogP contribution in [0.5, 0.6) is 5.75 Å². The molecule has 1 saturated carbocycles. The predicted octanol–water partition coefficient (Wildman–Crippen LogP) is 3.20. The maximum atomic E-state index is 6.14. The molecular formula is C15H23ClN2O2. The van der Waals surface area contributed by atoms with Crippen molar-refractivity contribution in [2.75, 3.05) is 13.7 Å². The van der Waals surface area contributed by atoms with E-state index in [1.807, 2.05) is 25.1 Å². The molecule has 2 rings (SSSR count). The van der Waals surface area contributed by atoms with Crippen LogP contribution in [-0.2, 0) is 4.74 Å². The Kier molecular flexibility index (Phi) is 5.27. The number of nitrogens with two attached hydrogens (primary N) is 1. The van der Waals surface area contributed by atoms with Crippen LogP contribution in [0.4, 0.5) is 0 Å². The van der Waals surface area contributed by atoms with Gasteiger partial charge in [-0.05, 0) is 38.0 Å². The Morgan fingerprint density at radius 2 is 2.10 bits per heavy atom. The van der Waals surface area contributed by atoms with Crippen molar-refractivity contribution in [3.63, 3.8) is 0 Å². The highest BCUT2D eigenvalue weighted by Gasteiger charge is 2.43. The fourth-order valence-electron chi connectivity index (χ4n) is 3.23. The van der Waals surface area contributed by atoms with Gasteiger partial charge in [-0.2, -0.15) is 0 Å². The van der Waals surface area contributed by atoms with Crippen molar-refractivity contribution in [2.24, 2.45) is 5.84 Å². The lowest BCUT2D eigenvalue weighted by molar-refractivity contribution is -0.0631. The summed E-state index contributed by atoms with van der Waals surface area (Å²) in [6.07, 6.45) is 4.29. The van der Waals surface area contributed by atoms with Crippen LogP contribution < -0.4 is 16.0 Å². The second-order valence-electron chi connectivity index (χ2n) is 5.19. The van der Waals surface area contributed by atoms with Crippen LogP contribution in [0.1, 0.15) is 44.2 Å². The number of methoxy groups -OCH3 is 1. The van der Waals surface area contributed by atoms with Crippen LogP contribution >= 0.6 is 11.6 Å². The van der Waals surface area contributed by atoms with Gasteiger partial charge >= 0.3 is 0 Å². The van der Waals surface area contributed by atoms with E-state index in [4.69, 9.17) is 26.9 Å². The van der Waals surface area contributed by atoms with Gasteiger partial charge in [0.1, 0.15) is 5.75 Å². The van der Waals surface area contributed by atoms with E-state index in [0.717, 1.165) is 37.0 Å². The number of halogens is 1. The summed E-state index contributed by atoms with van der Waals surface area (Å²) in [5, 5.41) is 0.672. The molecule has 1 aliphatic carbocycles. The Labute approximate surface area is 125 Å². The highest BCUT2D eigenvalue weighted by Crippen LogP contribution is 2.45. The SMILES string of the molecule is CCOC1(C(NN)c2cc(Cl)ccc2OC)CCCC1. The molecule has 0 spiro atoms. The van der Waals surface area contributed by atoms with Crippen LogP contribution in [0.3, 0.4) is 0 Å². The monoisotopic (exact) mass is 298 g/mol. The lowest BCUT2D eigenvalue weighted by atomic mass is 9.86. The van der Waals surface area contributed by atoms with Gasteiger partial charge in [0, 0.05) is 17.2 Å². The van der Waals surface area contributed by atoms with Crippen molar-refractivity contribution in [3.8, 4) is 5.75 Å². The second kappa shape index (κ2) is 6.76. The first kappa shape index (κ1) is 15.6. The third-order valence-electron chi connectivity index (χ3n) is 4.08. The molecule has 0 bridgehead atoms. The van der Waals surface area contributed by atoms with Gasteiger partial charge < -0.3 is 9.47 Å². The van der Waals surface area contributed by atoms with Crippen LogP contribution in [-0.4, -0.2) is 19.3 Å². The molecule has 0 aliphatic heterocycles. The van der Waals surface area contributed by atoms with E-state index in [2.05, 4.69) is 5.43 Å². The van der Waals surface area contributed by atoms with Gasteiger partial charge in [0.05, 0.1) is 18.8 Å². The lowest BCUT2D eigenvalue weighted by Crippen LogP contribution is -2.47. The summed E-state index contributed by atoms with van der Waals surface area (Å²) in [4.78, 5) is 0. The Morgan fingerprint density at radius 3 is 2.65 bits per heavy atom. The number of hydrogen-bond acceptors (Lipinski definition) is 4. The zero-order valence-corrected chi connectivity index (χ0v) is 12.9. The molecule has 4 nitrogen and oxygen atoms in total. The molecule has 0 saturated heterocycles. The first-order valence-corrected chi connectivity index (χ1v) is 7.48. The minimum atomic E-state index is -0.276. The highest BCUT2D eigenvalue weighted by atomic mass is 35.5. The van der Waals surface area contributed by atoms with Crippen molar-refractivity contribution in [1.29, 1.82) is 0 Å². The quantitative estimate of drug-likeness (QED) is 0.625. The fourth-order valence-corrected chi connectivity index (χ4v) is 3.41. The molecule has 1 aromatic rings. The first-order chi connectivity index (χ1) is 9.66. The molecule has 5 heteroatoms. The smallest absolute Gasteiger partial charge is 0.123 e. The van der Waals surface area contributed by atoms with Crippen molar-refractivity contribution in [3.05, 3.63) is 28.8 Å². The third-order valence-corrected chi connectivity index (χ3v) is 4.31. The molecular weight excluding hydrogens is 276 g/mol. The van der Waals surface area contributed by atoms with Gasteiger partial charge in [-0.1, -0.05) is 24.4 Å². The molecule has 3 N–H and O–H groups in total. The van der Waals surface area contributed by atoms with Crippen molar-refractivity contribution in [1.82, 2.24) is 5.43 Å². The van der Waals surface area contributed by atoms with Crippen molar-refractivity contribution >= 4 is 11.6 Å². The summed E-state index contributed by atoms with van der Waals surface area (Å²) in [7, 11) is 1.66. The number of hydrogen-bond donors (Lipinski definition) is 2. The van der Waals surface area contributed by atoms with Gasteiger partial charge in [0.25, 0.3) is 0 Å². The topological polar surface area (TPSA) is 56.5 Å². The van der Waals surface area contributed by atoms with E-state index in [1.54, 1.807) is 7.11 Å². The van der Waals surface area contributed by atoms with Crippen LogP contribution in [0.2, 0.25) is 5.02 Å². The zero-order valence-electron chi connectivity index (χ0n) is 12.1. The van der Waals surface area contributed by atoms with E-state index in [-0.39, 0.29) is 11.6 Å². The molecule has 1 fully saturated rings. The number of benzene rings is 1. The zero-order chi connectivity index (χ0) is 14.6. The molecule has 1 aromatic carbocycles. The number of ether oxygens (including phenoxy) is 2. The molecule has 0 heterocycles. The maximum absolute atomic E-state index is 6.14. The van der Waals surface area contributed by atoms with E-state index in [9.17, 15) is 0 Å². The second-order valence-corrected chi connectivity index (χ2v) is 5.63. The van der Waals surface area contributed by atoms with Gasteiger partial charge in [0.2, 0.25) is 0 Å². The first-order valence-electron chi connectivity index (χ1n) is 7.10. The molecule has 1 atom stereocenters. The summed E-state index contributed by atoms with van der Waals surface area (Å²) in [6.45, 7) is 2.68. The Morgan fingerprint density at radius 1 is 1.40 bits per heavy atom. The Hall–Kier alpha value is -0.810. The Bertz CT molecular complexity index is 447. The van der Waals surface area contributed by atoms with Gasteiger partial charge in [-0.15, -0.1) is 0 Å². The van der Waals surface area contributed by atoms with Crippen LogP contribution in [0.25, 0.3) is 0 Å². The van der Waals surface area contributed by atoms with Crippen LogP contribution in [0, 0.1) is 0 Å². The fraction of sp³-hybridized carbons (Fsp3) is 0.600. The summed E-state index contributed by atoms with van der Waals surface area (Å²) in [5.74, 6) is 6.63. The molecule has 0 aromatic heterocycles. The van der Waals surface area contributed by atoms with Crippen molar-refractivity contribution < 1.29 is 9.47 Å². The summed E-state index contributed by atoms with van der Waals surface area (Å²) >= 11 is 6.14. The summed E-state index contributed by atoms with van der Waals surface area (Å²) in [6, 6.07) is 5.47. The maximum Gasteiger partial charge on any atom is 0.123 e. The molecule has 1 aliphatic rings. The molecule has 0 radical (unpaired) electrons. The van der Waals surface area contributed by atoms with E-state index < -0.39 is 0 Å². The highest BCUT2D eigenvalue weighted by molar-refractivity contribution is 6.30. The van der Waals surface area contributed by atoms with Gasteiger partial charge in [0.15, 0.2) is 0 Å². The van der Waals surface area contributed by atoms with Crippen molar-refractivity contribution in [2.45, 2.75) is 44.2 Å². The molecule has 20 heavy (non-hydrogen) atoms. The lowest BCUT2D eigenvalue weighted by Gasteiger charge is -2.37. The minimum Gasteiger partial charge on any atom is -0.496 e. The molecule has 1 unspecified atom stereocenters. The predicted molar refractivity (Wildman–Crippen MR) is 80.9 cm³/mol. The average Bonchev–Trinajstić information content (AvgIpc) is 2.90. The average molecular weight is 299 g/mol. The number of nitrogens with one attached hydrogen (secondary N) is 1. The Balaban J connectivity index is 2.42. The van der Waals surface area contributed by atoms with Gasteiger partial charge in [-0.3, -0.25) is 5.84 Å². The van der Waals surface area contributed by atoms with E-state index in [1.165, 1.54) is 0 Å². The third kappa shape index (κ3) is 2.93. The largest absolute Gasteiger partial charge is 0.496 e.